The van der Waals surface area contributed by atoms with Crippen molar-refractivity contribution in [3.05, 3.63) is 71.3 Å². The van der Waals surface area contributed by atoms with Gasteiger partial charge < -0.3 is 5.11 Å². The van der Waals surface area contributed by atoms with Crippen molar-refractivity contribution in [1.29, 1.82) is 0 Å². The van der Waals surface area contributed by atoms with Gasteiger partial charge in [0, 0.05) is 10.9 Å². The average Bonchev–Trinajstić information content (AvgIpc) is 2.39. The summed E-state index contributed by atoms with van der Waals surface area (Å²) in [5.74, 6) is -0.895. The second-order valence-corrected chi connectivity index (χ2v) is 4.54. The van der Waals surface area contributed by atoms with E-state index in [0.29, 0.717) is 5.56 Å². The summed E-state index contributed by atoms with van der Waals surface area (Å²) in [7, 11) is 0. The van der Waals surface area contributed by atoms with Crippen LogP contribution < -0.4 is 0 Å². The minimum atomic E-state index is -1.51. The number of rotatable bonds is 3. The molecule has 0 heterocycles. The SMILES string of the molecule is OC(CBr)(c1ccc(F)cc1)c1ccccc1F. The number of hydrogen-bond acceptors (Lipinski definition) is 1. The molecule has 4 heteroatoms. The maximum absolute atomic E-state index is 13.8. The standard InChI is InChI=1S/C14H11BrF2O/c15-9-14(18,10-5-7-11(16)8-6-10)12-3-1-2-4-13(12)17/h1-8,18H,9H2. The Morgan fingerprint density at radius 2 is 1.61 bits per heavy atom. The molecule has 1 unspecified atom stereocenters. The van der Waals surface area contributed by atoms with Crippen LogP contribution in [0.15, 0.2) is 48.5 Å². The molecule has 0 aromatic heterocycles. The lowest BCUT2D eigenvalue weighted by Crippen LogP contribution is -2.30. The Hall–Kier alpha value is -1.26. The minimum absolute atomic E-state index is 0.118. The monoisotopic (exact) mass is 312 g/mol. The van der Waals surface area contributed by atoms with Crippen LogP contribution >= 0.6 is 15.9 Å². The highest BCUT2D eigenvalue weighted by atomic mass is 79.9. The van der Waals surface area contributed by atoms with Crippen LogP contribution in [-0.2, 0) is 5.60 Å². The van der Waals surface area contributed by atoms with Gasteiger partial charge in [0.1, 0.15) is 17.2 Å². The maximum Gasteiger partial charge on any atom is 0.129 e. The van der Waals surface area contributed by atoms with Crippen molar-refractivity contribution in [3.63, 3.8) is 0 Å². The summed E-state index contributed by atoms with van der Waals surface area (Å²) >= 11 is 3.19. The van der Waals surface area contributed by atoms with Gasteiger partial charge in [-0.1, -0.05) is 46.3 Å². The molecule has 94 valence electrons. The van der Waals surface area contributed by atoms with E-state index in [9.17, 15) is 13.9 Å². The van der Waals surface area contributed by atoms with Gasteiger partial charge in [-0.15, -0.1) is 0 Å². The van der Waals surface area contributed by atoms with Crippen molar-refractivity contribution in [1.82, 2.24) is 0 Å². The van der Waals surface area contributed by atoms with Crippen LogP contribution in [-0.4, -0.2) is 10.4 Å². The molecule has 0 radical (unpaired) electrons. The number of aliphatic hydroxyl groups is 1. The van der Waals surface area contributed by atoms with Crippen molar-refractivity contribution >= 4 is 15.9 Å². The molecule has 0 amide bonds. The molecule has 2 aromatic carbocycles. The predicted octanol–water partition coefficient (Wildman–Crippen LogP) is 3.60. The Kier molecular flexibility index (Phi) is 3.78. The molecule has 1 N–H and O–H groups in total. The molecular formula is C14H11BrF2O. The van der Waals surface area contributed by atoms with Crippen molar-refractivity contribution in [2.45, 2.75) is 5.60 Å². The Morgan fingerprint density at radius 1 is 1.00 bits per heavy atom. The Balaban J connectivity index is 2.55. The first kappa shape index (κ1) is 13.2. The molecule has 18 heavy (non-hydrogen) atoms. The third-order valence-corrected chi connectivity index (χ3v) is 3.65. The molecule has 2 aromatic rings. The summed E-state index contributed by atoms with van der Waals surface area (Å²) in [6.07, 6.45) is 0. The van der Waals surface area contributed by atoms with Gasteiger partial charge in [-0.25, -0.2) is 8.78 Å². The summed E-state index contributed by atoms with van der Waals surface area (Å²) in [5.41, 5.74) is -0.918. The first-order valence-corrected chi connectivity index (χ1v) is 6.49. The van der Waals surface area contributed by atoms with E-state index in [4.69, 9.17) is 0 Å². The van der Waals surface area contributed by atoms with Crippen LogP contribution in [0.2, 0.25) is 0 Å². The smallest absolute Gasteiger partial charge is 0.129 e. The van der Waals surface area contributed by atoms with Crippen molar-refractivity contribution in [2.75, 3.05) is 5.33 Å². The van der Waals surface area contributed by atoms with Gasteiger partial charge in [-0.3, -0.25) is 0 Å². The number of halogens is 3. The molecule has 2 rings (SSSR count). The van der Waals surface area contributed by atoms with Crippen molar-refractivity contribution in [3.8, 4) is 0 Å². The topological polar surface area (TPSA) is 20.2 Å². The van der Waals surface area contributed by atoms with Crippen LogP contribution in [0, 0.1) is 11.6 Å². The average molecular weight is 313 g/mol. The number of benzene rings is 2. The van der Waals surface area contributed by atoms with E-state index in [1.165, 1.54) is 36.4 Å². The molecule has 0 aliphatic heterocycles. The first-order valence-electron chi connectivity index (χ1n) is 5.37. The Bertz CT molecular complexity index is 542. The zero-order valence-electron chi connectivity index (χ0n) is 9.41. The van der Waals surface area contributed by atoms with Gasteiger partial charge in [-0.05, 0) is 23.8 Å². The van der Waals surface area contributed by atoms with Crippen molar-refractivity contribution < 1.29 is 13.9 Å². The summed E-state index contributed by atoms with van der Waals surface area (Å²) in [6, 6.07) is 11.4. The zero-order chi connectivity index (χ0) is 13.2. The quantitative estimate of drug-likeness (QED) is 0.859. The van der Waals surface area contributed by atoms with Crippen LogP contribution in [0.4, 0.5) is 8.78 Å². The molecule has 0 saturated heterocycles. The van der Waals surface area contributed by atoms with E-state index in [1.807, 2.05) is 0 Å². The number of alkyl halides is 1. The van der Waals surface area contributed by atoms with Gasteiger partial charge in [0.15, 0.2) is 0 Å². The van der Waals surface area contributed by atoms with E-state index < -0.39 is 17.2 Å². The molecule has 0 aliphatic carbocycles. The lowest BCUT2D eigenvalue weighted by atomic mass is 9.88. The van der Waals surface area contributed by atoms with Crippen molar-refractivity contribution in [2.24, 2.45) is 0 Å². The van der Waals surface area contributed by atoms with E-state index >= 15 is 0 Å². The fourth-order valence-corrected chi connectivity index (χ4v) is 2.45. The summed E-state index contributed by atoms with van der Waals surface area (Å²) in [4.78, 5) is 0. The lowest BCUT2D eigenvalue weighted by Gasteiger charge is -2.27. The fourth-order valence-electron chi connectivity index (χ4n) is 1.83. The molecule has 0 aliphatic rings. The third kappa shape index (κ3) is 2.31. The summed E-state index contributed by atoms with van der Waals surface area (Å²) in [6.45, 7) is 0. The van der Waals surface area contributed by atoms with Gasteiger partial charge in [0.2, 0.25) is 0 Å². The van der Waals surface area contributed by atoms with E-state index in [1.54, 1.807) is 12.1 Å². The molecule has 0 bridgehead atoms. The first-order chi connectivity index (χ1) is 8.58. The highest BCUT2D eigenvalue weighted by Gasteiger charge is 2.32. The van der Waals surface area contributed by atoms with Crippen LogP contribution in [0.1, 0.15) is 11.1 Å². The van der Waals surface area contributed by atoms with Gasteiger partial charge in [0.25, 0.3) is 0 Å². The molecule has 1 atom stereocenters. The summed E-state index contributed by atoms with van der Waals surface area (Å²) in [5, 5.41) is 10.7. The highest BCUT2D eigenvalue weighted by Crippen LogP contribution is 2.33. The largest absolute Gasteiger partial charge is 0.379 e. The van der Waals surface area contributed by atoms with Crippen LogP contribution in [0.25, 0.3) is 0 Å². The van der Waals surface area contributed by atoms with E-state index in [-0.39, 0.29) is 10.9 Å². The van der Waals surface area contributed by atoms with Gasteiger partial charge in [-0.2, -0.15) is 0 Å². The van der Waals surface area contributed by atoms with Crippen LogP contribution in [0.5, 0.6) is 0 Å². The second-order valence-electron chi connectivity index (χ2n) is 3.98. The van der Waals surface area contributed by atoms with Gasteiger partial charge in [0.05, 0.1) is 0 Å². The van der Waals surface area contributed by atoms with E-state index in [0.717, 1.165) is 0 Å². The third-order valence-electron chi connectivity index (χ3n) is 2.83. The number of hydrogen-bond donors (Lipinski definition) is 1. The molecule has 0 fully saturated rings. The molecule has 0 saturated carbocycles. The predicted molar refractivity (Wildman–Crippen MR) is 69.6 cm³/mol. The summed E-state index contributed by atoms with van der Waals surface area (Å²) < 4.78 is 26.7. The highest BCUT2D eigenvalue weighted by molar-refractivity contribution is 9.09. The Morgan fingerprint density at radius 3 is 2.17 bits per heavy atom. The molecular weight excluding hydrogens is 302 g/mol. The molecule has 0 spiro atoms. The second kappa shape index (κ2) is 5.16. The Labute approximate surface area is 112 Å². The van der Waals surface area contributed by atoms with Crippen LogP contribution in [0.3, 0.4) is 0 Å². The normalized spacial score (nSPS) is 14.2. The van der Waals surface area contributed by atoms with E-state index in [2.05, 4.69) is 15.9 Å². The lowest BCUT2D eigenvalue weighted by molar-refractivity contribution is 0.104. The fraction of sp³-hybridized carbons (Fsp3) is 0.143. The molecule has 1 nitrogen and oxygen atoms in total. The zero-order valence-corrected chi connectivity index (χ0v) is 11.0. The maximum atomic E-state index is 13.8. The minimum Gasteiger partial charge on any atom is -0.379 e. The van der Waals surface area contributed by atoms with Gasteiger partial charge >= 0.3 is 0 Å².